The molecule has 28 heavy (non-hydrogen) atoms. The first-order valence-electron chi connectivity index (χ1n) is 9.74. The molecule has 0 bridgehead atoms. The Hall–Kier alpha value is -3.03. The van der Waals surface area contributed by atoms with Crippen LogP contribution in [0.1, 0.15) is 25.7 Å². The van der Waals surface area contributed by atoms with Crippen molar-refractivity contribution in [3.63, 3.8) is 0 Å². The maximum Gasteiger partial charge on any atom is 0.227 e. The highest BCUT2D eigenvalue weighted by Gasteiger charge is 2.25. The standard InChI is InChI=1S/C20H24N6O2/c27-17-6-4-15(5-7-17)19(28)24-16-13-22-20(23-14-16)26-11-9-25(10-12-26)18-3-1-2-8-21-18/h1-3,8,13-15H,4-7,9-12H2,(H,24,28). The number of pyridine rings is 1. The summed E-state index contributed by atoms with van der Waals surface area (Å²) in [4.78, 5) is 41.3. The Balaban J connectivity index is 1.30. The fraction of sp³-hybridized carbons (Fsp3) is 0.450. The monoisotopic (exact) mass is 380 g/mol. The number of nitrogens with one attached hydrogen (secondary N) is 1. The van der Waals surface area contributed by atoms with Crippen molar-refractivity contribution in [2.24, 2.45) is 5.92 Å². The third kappa shape index (κ3) is 4.27. The third-order valence-corrected chi connectivity index (χ3v) is 5.36. The van der Waals surface area contributed by atoms with E-state index in [-0.39, 0.29) is 17.6 Å². The fourth-order valence-electron chi connectivity index (χ4n) is 3.67. The van der Waals surface area contributed by atoms with E-state index in [1.165, 1.54) is 0 Å². The van der Waals surface area contributed by atoms with E-state index >= 15 is 0 Å². The van der Waals surface area contributed by atoms with Crippen molar-refractivity contribution in [3.05, 3.63) is 36.8 Å². The number of ketones is 1. The molecule has 1 N–H and O–H groups in total. The van der Waals surface area contributed by atoms with Crippen LogP contribution in [0.25, 0.3) is 0 Å². The molecular weight excluding hydrogens is 356 g/mol. The molecule has 2 fully saturated rings. The lowest BCUT2D eigenvalue weighted by molar-refractivity contribution is -0.125. The highest BCUT2D eigenvalue weighted by Crippen LogP contribution is 2.23. The van der Waals surface area contributed by atoms with E-state index in [4.69, 9.17) is 0 Å². The minimum Gasteiger partial charge on any atom is -0.353 e. The van der Waals surface area contributed by atoms with Gasteiger partial charge in [0.05, 0.1) is 18.1 Å². The molecule has 2 aromatic rings. The van der Waals surface area contributed by atoms with Crippen molar-refractivity contribution in [3.8, 4) is 0 Å². The Bertz CT molecular complexity index is 808. The van der Waals surface area contributed by atoms with Gasteiger partial charge in [-0.15, -0.1) is 0 Å². The molecule has 1 saturated heterocycles. The molecule has 146 valence electrons. The lowest BCUT2D eigenvalue weighted by Crippen LogP contribution is -2.47. The van der Waals surface area contributed by atoms with Gasteiger partial charge in [0, 0.05) is 51.1 Å². The highest BCUT2D eigenvalue weighted by atomic mass is 16.2. The topological polar surface area (TPSA) is 91.3 Å². The van der Waals surface area contributed by atoms with Crippen LogP contribution in [0.3, 0.4) is 0 Å². The van der Waals surface area contributed by atoms with Crippen LogP contribution >= 0.6 is 0 Å². The van der Waals surface area contributed by atoms with Crippen LogP contribution in [0.4, 0.5) is 17.5 Å². The minimum absolute atomic E-state index is 0.0483. The van der Waals surface area contributed by atoms with E-state index in [2.05, 4.69) is 30.1 Å². The molecule has 0 spiro atoms. The molecule has 4 rings (SSSR count). The summed E-state index contributed by atoms with van der Waals surface area (Å²) < 4.78 is 0. The Morgan fingerprint density at radius 2 is 1.64 bits per heavy atom. The summed E-state index contributed by atoms with van der Waals surface area (Å²) in [6.07, 6.45) is 7.37. The maximum atomic E-state index is 12.3. The maximum absolute atomic E-state index is 12.3. The van der Waals surface area contributed by atoms with Gasteiger partial charge in [-0.2, -0.15) is 0 Å². The number of hydrogen-bond donors (Lipinski definition) is 1. The fourth-order valence-corrected chi connectivity index (χ4v) is 3.67. The van der Waals surface area contributed by atoms with Crippen molar-refractivity contribution in [1.29, 1.82) is 0 Å². The largest absolute Gasteiger partial charge is 0.353 e. The van der Waals surface area contributed by atoms with E-state index in [0.717, 1.165) is 32.0 Å². The minimum atomic E-state index is -0.1000. The van der Waals surface area contributed by atoms with E-state index in [9.17, 15) is 9.59 Å². The van der Waals surface area contributed by atoms with E-state index in [1.54, 1.807) is 12.4 Å². The van der Waals surface area contributed by atoms with Crippen LogP contribution in [0, 0.1) is 5.92 Å². The molecule has 1 amide bonds. The normalized spacial score (nSPS) is 18.2. The Kier molecular flexibility index (Phi) is 5.45. The Morgan fingerprint density at radius 1 is 0.964 bits per heavy atom. The number of aromatic nitrogens is 3. The zero-order valence-electron chi connectivity index (χ0n) is 15.8. The van der Waals surface area contributed by atoms with Gasteiger partial charge in [0.2, 0.25) is 11.9 Å². The van der Waals surface area contributed by atoms with Crippen molar-refractivity contribution in [1.82, 2.24) is 15.0 Å². The SMILES string of the molecule is O=C1CCC(C(=O)Nc2cnc(N3CCN(c4ccccn4)CC3)nc2)CC1. The number of carbonyl (C=O) groups excluding carboxylic acids is 2. The zero-order chi connectivity index (χ0) is 19.3. The van der Waals surface area contributed by atoms with E-state index in [1.807, 2.05) is 24.4 Å². The highest BCUT2D eigenvalue weighted by molar-refractivity contribution is 5.93. The van der Waals surface area contributed by atoms with Gasteiger partial charge in [-0.3, -0.25) is 9.59 Å². The summed E-state index contributed by atoms with van der Waals surface area (Å²) >= 11 is 0. The Morgan fingerprint density at radius 3 is 2.29 bits per heavy atom. The first kappa shape index (κ1) is 18.3. The summed E-state index contributed by atoms with van der Waals surface area (Å²) in [6.45, 7) is 3.36. The summed E-state index contributed by atoms with van der Waals surface area (Å²) in [7, 11) is 0. The number of amides is 1. The van der Waals surface area contributed by atoms with Crippen molar-refractivity contribution in [2.45, 2.75) is 25.7 Å². The second-order valence-electron chi connectivity index (χ2n) is 7.24. The number of carbonyl (C=O) groups is 2. The van der Waals surface area contributed by atoms with E-state index < -0.39 is 0 Å². The molecule has 1 aliphatic carbocycles. The second-order valence-corrected chi connectivity index (χ2v) is 7.24. The lowest BCUT2D eigenvalue weighted by Gasteiger charge is -2.35. The predicted octanol–water partition coefficient (Wildman–Crippen LogP) is 1.90. The lowest BCUT2D eigenvalue weighted by atomic mass is 9.88. The van der Waals surface area contributed by atoms with Gasteiger partial charge in [-0.05, 0) is 25.0 Å². The van der Waals surface area contributed by atoms with Crippen LogP contribution < -0.4 is 15.1 Å². The molecule has 2 aliphatic rings. The van der Waals surface area contributed by atoms with Crippen LogP contribution in [0.5, 0.6) is 0 Å². The van der Waals surface area contributed by atoms with Gasteiger partial charge in [0.25, 0.3) is 0 Å². The molecule has 1 aliphatic heterocycles. The molecule has 0 unspecified atom stereocenters. The van der Waals surface area contributed by atoms with Crippen molar-refractivity contribution in [2.75, 3.05) is 41.3 Å². The van der Waals surface area contributed by atoms with Crippen molar-refractivity contribution < 1.29 is 9.59 Å². The first-order chi connectivity index (χ1) is 13.7. The van der Waals surface area contributed by atoms with Crippen LogP contribution in [-0.2, 0) is 9.59 Å². The Labute approximate surface area is 164 Å². The third-order valence-electron chi connectivity index (χ3n) is 5.36. The summed E-state index contributed by atoms with van der Waals surface area (Å²) in [5.41, 5.74) is 0.595. The zero-order valence-corrected chi connectivity index (χ0v) is 15.8. The molecular formula is C20H24N6O2. The summed E-state index contributed by atoms with van der Waals surface area (Å²) in [5.74, 6) is 1.76. The number of nitrogens with zero attached hydrogens (tertiary/aromatic N) is 5. The second kappa shape index (κ2) is 8.33. The first-order valence-corrected chi connectivity index (χ1v) is 9.74. The van der Waals surface area contributed by atoms with Gasteiger partial charge in [0.15, 0.2) is 0 Å². The molecule has 0 aromatic carbocycles. The smallest absolute Gasteiger partial charge is 0.227 e. The molecule has 0 radical (unpaired) electrons. The molecule has 2 aromatic heterocycles. The molecule has 0 atom stereocenters. The number of rotatable bonds is 4. The van der Waals surface area contributed by atoms with Gasteiger partial charge in [-0.1, -0.05) is 6.07 Å². The quantitative estimate of drug-likeness (QED) is 0.866. The van der Waals surface area contributed by atoms with Crippen LogP contribution in [0.15, 0.2) is 36.8 Å². The number of anilines is 3. The number of piperazine rings is 1. The molecule has 1 saturated carbocycles. The van der Waals surface area contributed by atoms with Crippen LogP contribution in [-0.4, -0.2) is 52.8 Å². The molecule has 3 heterocycles. The molecule has 8 heteroatoms. The molecule has 8 nitrogen and oxygen atoms in total. The average molecular weight is 380 g/mol. The average Bonchev–Trinajstić information content (AvgIpc) is 2.75. The number of hydrogen-bond acceptors (Lipinski definition) is 7. The van der Waals surface area contributed by atoms with Crippen LogP contribution in [0.2, 0.25) is 0 Å². The summed E-state index contributed by atoms with van der Waals surface area (Å²) in [5, 5.41) is 2.87. The van der Waals surface area contributed by atoms with Gasteiger partial charge in [0.1, 0.15) is 11.6 Å². The van der Waals surface area contributed by atoms with Gasteiger partial charge in [-0.25, -0.2) is 15.0 Å². The predicted molar refractivity (Wildman–Crippen MR) is 106 cm³/mol. The van der Waals surface area contributed by atoms with E-state index in [0.29, 0.717) is 37.3 Å². The van der Waals surface area contributed by atoms with Gasteiger partial charge >= 0.3 is 0 Å². The van der Waals surface area contributed by atoms with Gasteiger partial charge < -0.3 is 15.1 Å². The van der Waals surface area contributed by atoms with Crippen molar-refractivity contribution >= 4 is 29.1 Å². The summed E-state index contributed by atoms with van der Waals surface area (Å²) in [6, 6.07) is 5.93. The number of Topliss-reactive ketones (excluding diaryl/α,β-unsaturated/α-hetero) is 1.